The van der Waals surface area contributed by atoms with Crippen LogP contribution in [0.3, 0.4) is 0 Å². The number of terminal acetylenes is 1. The molecule has 3 aliphatic rings. The topological polar surface area (TPSA) is 89.8 Å². The van der Waals surface area contributed by atoms with E-state index in [1.165, 1.54) is 4.90 Å². The number of aromatic nitrogens is 2. The predicted molar refractivity (Wildman–Crippen MR) is 99.5 cm³/mol. The summed E-state index contributed by atoms with van der Waals surface area (Å²) in [5, 5.41) is 18.4. The molecule has 7 nitrogen and oxygen atoms in total. The summed E-state index contributed by atoms with van der Waals surface area (Å²) in [4.78, 5) is 22.4. The molecule has 158 valence electrons. The molecule has 0 bridgehead atoms. The van der Waals surface area contributed by atoms with Crippen LogP contribution >= 0.6 is 0 Å². The largest absolute Gasteiger partial charge is 0.481 e. The van der Waals surface area contributed by atoms with E-state index in [-0.39, 0.29) is 61.0 Å². The molecule has 2 N–H and O–H groups in total. The highest BCUT2D eigenvalue weighted by atomic mass is 19.4. The van der Waals surface area contributed by atoms with E-state index in [0.29, 0.717) is 13.1 Å². The average molecular weight is 412 g/mol. The Morgan fingerprint density at radius 3 is 2.17 bits per heavy atom. The van der Waals surface area contributed by atoms with Gasteiger partial charge < -0.3 is 20.0 Å². The number of nitrogens with zero attached hydrogens (tertiary/aromatic N) is 4. The van der Waals surface area contributed by atoms with Crippen molar-refractivity contribution in [1.82, 2.24) is 9.97 Å². The van der Waals surface area contributed by atoms with E-state index in [9.17, 15) is 23.1 Å². The molecule has 0 amide bonds. The second-order valence-electron chi connectivity index (χ2n) is 7.58. The molecule has 3 atom stereocenters. The molecule has 2 aliphatic heterocycles. The zero-order valence-electron chi connectivity index (χ0n) is 15.9. The Hall–Kier alpha value is -2.54. The van der Waals surface area contributed by atoms with Crippen LogP contribution in [-0.2, 0) is 17.4 Å². The summed E-state index contributed by atoms with van der Waals surface area (Å²) in [7, 11) is 0. The number of alkyl halides is 3. The zero-order valence-corrected chi connectivity index (χ0v) is 15.9. The molecule has 1 saturated carbocycles. The molecule has 1 aliphatic carbocycles. The van der Waals surface area contributed by atoms with E-state index in [1.807, 2.05) is 4.90 Å². The number of piperidine rings is 1. The van der Waals surface area contributed by atoms with Gasteiger partial charge in [0.05, 0.1) is 6.10 Å². The second-order valence-corrected chi connectivity index (χ2v) is 7.58. The van der Waals surface area contributed by atoms with Crippen molar-refractivity contribution in [3.05, 3.63) is 11.3 Å². The Morgan fingerprint density at radius 1 is 1.14 bits per heavy atom. The summed E-state index contributed by atoms with van der Waals surface area (Å²) in [5.74, 6) is -0.0540. The van der Waals surface area contributed by atoms with E-state index >= 15 is 0 Å². The molecule has 1 unspecified atom stereocenters. The monoisotopic (exact) mass is 412 g/mol. The standard InChI is InChI=1S/C17H21F3N4O3.C2H2/c1-2-9-14(17(18,19)20)21-16(24-4-8(25)5-24)22-15(9)23-6-11-10(3-13(26)27)12(11)7-23;1-2/h8,10-12,25H,2-7H2,1H3,(H,26,27);1-2H/t10?,11-,12+;. The first-order valence-electron chi connectivity index (χ1n) is 9.40. The number of hydrogen-bond acceptors (Lipinski definition) is 6. The molecule has 0 radical (unpaired) electrons. The number of aliphatic hydroxyl groups is 1. The van der Waals surface area contributed by atoms with Gasteiger partial charge in [0.25, 0.3) is 0 Å². The molecular formula is C19H23F3N4O3. The number of aliphatic carboxylic acids is 1. The summed E-state index contributed by atoms with van der Waals surface area (Å²) >= 11 is 0. The van der Waals surface area contributed by atoms with Crippen molar-refractivity contribution in [2.45, 2.75) is 32.0 Å². The van der Waals surface area contributed by atoms with Gasteiger partial charge in [0.2, 0.25) is 5.95 Å². The van der Waals surface area contributed by atoms with Crippen LogP contribution in [0.1, 0.15) is 24.6 Å². The highest BCUT2D eigenvalue weighted by Gasteiger charge is 2.56. The number of rotatable bonds is 5. The van der Waals surface area contributed by atoms with Gasteiger partial charge in [-0.25, -0.2) is 4.98 Å². The van der Waals surface area contributed by atoms with Crippen LogP contribution in [0.5, 0.6) is 0 Å². The van der Waals surface area contributed by atoms with Crippen molar-refractivity contribution in [3.63, 3.8) is 0 Å². The first-order valence-corrected chi connectivity index (χ1v) is 9.40. The van der Waals surface area contributed by atoms with Gasteiger partial charge in [0.1, 0.15) is 5.82 Å². The summed E-state index contributed by atoms with van der Waals surface area (Å²) in [5.41, 5.74) is -0.850. The molecule has 3 heterocycles. The minimum Gasteiger partial charge on any atom is -0.481 e. The number of carbonyl (C=O) groups is 1. The van der Waals surface area contributed by atoms with Crippen LogP contribution in [0.4, 0.5) is 24.9 Å². The van der Waals surface area contributed by atoms with Crippen LogP contribution in [0, 0.1) is 30.6 Å². The number of hydrogen-bond donors (Lipinski definition) is 2. The molecule has 4 rings (SSSR count). The maximum Gasteiger partial charge on any atom is 0.433 e. The van der Waals surface area contributed by atoms with Crippen LogP contribution in [0.25, 0.3) is 0 Å². The Morgan fingerprint density at radius 2 is 1.72 bits per heavy atom. The van der Waals surface area contributed by atoms with E-state index in [0.717, 1.165) is 0 Å². The van der Waals surface area contributed by atoms with Gasteiger partial charge >= 0.3 is 12.1 Å². The van der Waals surface area contributed by atoms with Gasteiger partial charge in [-0.1, -0.05) is 6.92 Å². The summed E-state index contributed by atoms with van der Waals surface area (Å²) in [6.45, 7) is 3.12. The first-order chi connectivity index (χ1) is 13.7. The SMILES string of the molecule is C#C.CCc1c(N2C[C@@H]3C(CC(=O)O)[C@@H]3C2)nc(N2CC(O)C2)nc1C(F)(F)F. The molecule has 1 aromatic rings. The van der Waals surface area contributed by atoms with E-state index < -0.39 is 23.9 Å². The molecule has 2 saturated heterocycles. The Balaban J connectivity index is 0.00000117. The number of anilines is 2. The molecule has 0 aromatic carbocycles. The predicted octanol–water partition coefficient (Wildman–Crippen LogP) is 1.64. The van der Waals surface area contributed by atoms with Gasteiger partial charge in [0.15, 0.2) is 5.69 Å². The van der Waals surface area contributed by atoms with Crippen molar-refractivity contribution in [2.75, 3.05) is 36.0 Å². The Kier molecular flexibility index (Phi) is 5.63. The highest BCUT2D eigenvalue weighted by Crippen LogP contribution is 2.54. The lowest BCUT2D eigenvalue weighted by Crippen LogP contribution is -2.51. The van der Waals surface area contributed by atoms with Gasteiger partial charge in [-0.2, -0.15) is 18.2 Å². The smallest absolute Gasteiger partial charge is 0.433 e. The fourth-order valence-corrected chi connectivity index (χ4v) is 4.37. The lowest BCUT2D eigenvalue weighted by molar-refractivity contribution is -0.142. The number of carboxylic acids is 1. The summed E-state index contributed by atoms with van der Waals surface area (Å²) in [6.07, 6.45) is 3.10. The van der Waals surface area contributed by atoms with E-state index in [4.69, 9.17) is 5.11 Å². The first kappa shape index (κ1) is 21.2. The zero-order chi connectivity index (χ0) is 21.5. The van der Waals surface area contributed by atoms with Crippen molar-refractivity contribution in [3.8, 4) is 12.8 Å². The lowest BCUT2D eigenvalue weighted by Gasteiger charge is -2.37. The van der Waals surface area contributed by atoms with Gasteiger partial charge in [-0.3, -0.25) is 4.79 Å². The quantitative estimate of drug-likeness (QED) is 0.711. The maximum absolute atomic E-state index is 13.6. The number of aliphatic hydroxyl groups excluding tert-OH is 1. The molecule has 0 spiro atoms. The molecular weight excluding hydrogens is 389 g/mol. The van der Waals surface area contributed by atoms with Crippen molar-refractivity contribution in [2.24, 2.45) is 17.8 Å². The fourth-order valence-electron chi connectivity index (χ4n) is 4.37. The molecule has 29 heavy (non-hydrogen) atoms. The average Bonchev–Trinajstić information content (AvgIpc) is 3.07. The third-order valence-electron chi connectivity index (χ3n) is 5.82. The number of carboxylic acid groups (broad SMARTS) is 1. The van der Waals surface area contributed by atoms with Crippen LogP contribution < -0.4 is 9.80 Å². The summed E-state index contributed by atoms with van der Waals surface area (Å²) < 4.78 is 40.8. The second kappa shape index (κ2) is 7.71. The fraction of sp³-hybridized carbons (Fsp3) is 0.632. The van der Waals surface area contributed by atoms with E-state index in [1.54, 1.807) is 6.92 Å². The van der Waals surface area contributed by atoms with E-state index in [2.05, 4.69) is 22.8 Å². The van der Waals surface area contributed by atoms with Crippen molar-refractivity contribution < 1.29 is 28.2 Å². The third-order valence-corrected chi connectivity index (χ3v) is 5.82. The minimum atomic E-state index is -4.59. The Labute approximate surface area is 166 Å². The molecule has 3 fully saturated rings. The van der Waals surface area contributed by atoms with Crippen LogP contribution in [0.2, 0.25) is 0 Å². The van der Waals surface area contributed by atoms with Crippen molar-refractivity contribution in [1.29, 1.82) is 0 Å². The number of halogens is 3. The normalized spacial score (nSPS) is 25.7. The third kappa shape index (κ3) is 3.96. The van der Waals surface area contributed by atoms with Crippen LogP contribution in [-0.4, -0.2) is 58.4 Å². The minimum absolute atomic E-state index is 0.0116. The van der Waals surface area contributed by atoms with Gasteiger partial charge in [-0.05, 0) is 24.2 Å². The molecule has 10 heteroatoms. The highest BCUT2D eigenvalue weighted by molar-refractivity contribution is 5.68. The van der Waals surface area contributed by atoms with Crippen LogP contribution in [0.15, 0.2) is 0 Å². The maximum atomic E-state index is 13.6. The number of β-amino-alcohol motifs (C(OH)–C–C–N with tert-alkyl or cyclic N) is 1. The van der Waals surface area contributed by atoms with Gasteiger partial charge in [-0.15, -0.1) is 12.8 Å². The summed E-state index contributed by atoms with van der Waals surface area (Å²) in [6, 6.07) is 0. The Bertz CT molecular complexity index is 796. The van der Waals surface area contributed by atoms with Gasteiger partial charge in [0, 0.05) is 38.2 Å². The van der Waals surface area contributed by atoms with Crippen molar-refractivity contribution >= 4 is 17.7 Å². The number of fused-ring (bicyclic) bond motifs is 1. The lowest BCUT2D eigenvalue weighted by atomic mass is 10.1. The molecule has 1 aromatic heterocycles.